The summed E-state index contributed by atoms with van der Waals surface area (Å²) in [6, 6.07) is 28.5. The second-order valence-electron chi connectivity index (χ2n) is 7.30. The first kappa shape index (κ1) is 23.2. The van der Waals surface area contributed by atoms with Crippen LogP contribution in [0.4, 0.5) is 0 Å². The van der Waals surface area contributed by atoms with Gasteiger partial charge in [-0.2, -0.15) is 0 Å². The van der Waals surface area contributed by atoms with Crippen LogP contribution in [0, 0.1) is 0 Å². The van der Waals surface area contributed by atoms with Crippen molar-refractivity contribution < 1.29 is 9.53 Å². The highest BCUT2D eigenvalue weighted by atomic mass is 35.5. The van der Waals surface area contributed by atoms with Gasteiger partial charge in [-0.05, 0) is 42.2 Å². The molecule has 0 heterocycles. The van der Waals surface area contributed by atoms with E-state index in [0.29, 0.717) is 19.7 Å². The molecule has 31 heavy (non-hydrogen) atoms. The van der Waals surface area contributed by atoms with Crippen LogP contribution in [0.5, 0.6) is 5.75 Å². The molecule has 0 N–H and O–H groups in total. The van der Waals surface area contributed by atoms with Crippen LogP contribution in [0.15, 0.2) is 84.9 Å². The van der Waals surface area contributed by atoms with Crippen LogP contribution in [0.3, 0.4) is 0 Å². The first-order valence-corrected chi connectivity index (χ1v) is 11.3. The Morgan fingerprint density at radius 1 is 0.871 bits per heavy atom. The molecule has 0 aliphatic carbocycles. The summed E-state index contributed by atoms with van der Waals surface area (Å²) in [7, 11) is 0. The summed E-state index contributed by atoms with van der Waals surface area (Å²) >= 11 is 11.9. The zero-order valence-corrected chi connectivity index (χ0v) is 19.1. The fourth-order valence-electron chi connectivity index (χ4n) is 3.66. The van der Waals surface area contributed by atoms with Crippen LogP contribution in [0.2, 0.25) is 0 Å². The van der Waals surface area contributed by atoms with Crippen molar-refractivity contribution in [3.8, 4) is 5.75 Å². The minimum Gasteiger partial charge on any atom is -0.494 e. The summed E-state index contributed by atoms with van der Waals surface area (Å²) < 4.78 is 5.51. The van der Waals surface area contributed by atoms with Gasteiger partial charge in [0.05, 0.1) is 6.61 Å². The van der Waals surface area contributed by atoms with Crippen molar-refractivity contribution in [1.29, 1.82) is 0 Å². The molecular formula is C26H27Cl2NO2. The van der Waals surface area contributed by atoms with E-state index in [1.807, 2.05) is 67.6 Å². The molecule has 3 rings (SSSR count). The maximum Gasteiger partial charge on any atom is 0.256 e. The lowest BCUT2D eigenvalue weighted by Gasteiger charge is -2.27. The van der Waals surface area contributed by atoms with Crippen molar-refractivity contribution >= 4 is 29.1 Å². The fourth-order valence-corrected chi connectivity index (χ4v) is 3.94. The van der Waals surface area contributed by atoms with Crippen molar-refractivity contribution in [1.82, 2.24) is 4.90 Å². The number of hydrogen-bond donors (Lipinski definition) is 0. The molecule has 0 aromatic heterocycles. The maximum atomic E-state index is 12.7. The second kappa shape index (κ2) is 11.8. The van der Waals surface area contributed by atoms with E-state index in [1.165, 1.54) is 11.1 Å². The number of hydrogen-bond acceptors (Lipinski definition) is 2. The van der Waals surface area contributed by atoms with E-state index in [-0.39, 0.29) is 11.8 Å². The van der Waals surface area contributed by atoms with Gasteiger partial charge >= 0.3 is 0 Å². The number of benzene rings is 3. The first-order chi connectivity index (χ1) is 15.1. The van der Waals surface area contributed by atoms with E-state index in [9.17, 15) is 4.79 Å². The van der Waals surface area contributed by atoms with Crippen molar-refractivity contribution in [2.24, 2.45) is 0 Å². The molecule has 0 aliphatic rings. The Labute approximate surface area is 194 Å². The van der Waals surface area contributed by atoms with Crippen LogP contribution in [-0.4, -0.2) is 28.8 Å². The van der Waals surface area contributed by atoms with Crippen molar-refractivity contribution in [3.63, 3.8) is 0 Å². The zero-order valence-electron chi connectivity index (χ0n) is 17.6. The Morgan fingerprint density at radius 2 is 1.42 bits per heavy atom. The Kier molecular flexibility index (Phi) is 8.81. The molecule has 0 fully saturated rings. The molecule has 0 unspecified atom stereocenters. The zero-order chi connectivity index (χ0) is 22.1. The molecule has 0 atom stereocenters. The van der Waals surface area contributed by atoms with E-state index in [4.69, 9.17) is 27.9 Å². The van der Waals surface area contributed by atoms with Crippen LogP contribution in [-0.2, 0) is 11.3 Å². The van der Waals surface area contributed by atoms with E-state index in [0.717, 1.165) is 17.7 Å². The Balaban J connectivity index is 1.78. The van der Waals surface area contributed by atoms with Crippen LogP contribution >= 0.6 is 23.2 Å². The second-order valence-corrected chi connectivity index (χ2v) is 8.40. The van der Waals surface area contributed by atoms with Gasteiger partial charge in [-0.3, -0.25) is 4.79 Å². The largest absolute Gasteiger partial charge is 0.494 e. The lowest BCUT2D eigenvalue weighted by molar-refractivity contribution is -0.130. The highest BCUT2D eigenvalue weighted by Crippen LogP contribution is 2.29. The van der Waals surface area contributed by atoms with Gasteiger partial charge in [-0.15, -0.1) is 0 Å². The van der Waals surface area contributed by atoms with E-state index in [2.05, 4.69) is 24.3 Å². The Morgan fingerprint density at radius 3 is 1.90 bits per heavy atom. The summed E-state index contributed by atoms with van der Waals surface area (Å²) in [4.78, 5) is 13.4. The number of ether oxygens (including phenoxy) is 1. The standard InChI is InChI=1S/C26H27Cl2NO2/c1-2-31-23-15-13-20(14-16-23)19-29(26(30)25(27)28)18-17-24(21-9-5-3-6-10-21)22-11-7-4-8-12-22/h3-16,24-25H,2,17-19H2,1H3. The highest BCUT2D eigenvalue weighted by molar-refractivity contribution is 6.53. The third-order valence-corrected chi connectivity index (χ3v) is 5.57. The smallest absolute Gasteiger partial charge is 0.256 e. The van der Waals surface area contributed by atoms with Crippen LogP contribution in [0.1, 0.15) is 36.0 Å². The molecule has 0 radical (unpaired) electrons. The van der Waals surface area contributed by atoms with Crippen LogP contribution < -0.4 is 4.74 Å². The SMILES string of the molecule is CCOc1ccc(CN(CCC(c2ccccc2)c2ccccc2)C(=O)C(Cl)Cl)cc1. The number of carbonyl (C=O) groups excluding carboxylic acids is 1. The van der Waals surface area contributed by atoms with Gasteiger partial charge in [0.25, 0.3) is 5.91 Å². The minimum atomic E-state index is -1.09. The molecular weight excluding hydrogens is 429 g/mol. The predicted molar refractivity (Wildman–Crippen MR) is 128 cm³/mol. The summed E-state index contributed by atoms with van der Waals surface area (Å²) in [5.41, 5.74) is 3.44. The summed E-state index contributed by atoms with van der Waals surface area (Å²) in [6.45, 7) is 3.55. The highest BCUT2D eigenvalue weighted by Gasteiger charge is 2.23. The number of rotatable bonds is 10. The number of nitrogens with zero attached hydrogens (tertiary/aromatic N) is 1. The van der Waals surface area contributed by atoms with E-state index < -0.39 is 4.84 Å². The normalized spacial score (nSPS) is 11.0. The molecule has 162 valence electrons. The molecule has 3 aromatic carbocycles. The number of amides is 1. The fraction of sp³-hybridized carbons (Fsp3) is 0.269. The third-order valence-electron chi connectivity index (χ3n) is 5.20. The van der Waals surface area contributed by atoms with Gasteiger partial charge in [0.1, 0.15) is 5.75 Å². The molecule has 5 heteroatoms. The molecule has 0 aliphatic heterocycles. The molecule has 3 aromatic rings. The number of alkyl halides is 2. The number of halogens is 2. The van der Waals surface area contributed by atoms with Crippen molar-refractivity contribution in [2.75, 3.05) is 13.2 Å². The summed E-state index contributed by atoms with van der Waals surface area (Å²) in [5, 5.41) is 0. The molecule has 0 saturated carbocycles. The Bertz CT molecular complexity index is 891. The predicted octanol–water partition coefficient (Wildman–Crippen LogP) is 6.44. The average molecular weight is 456 g/mol. The maximum absolute atomic E-state index is 12.7. The quantitative estimate of drug-likeness (QED) is 0.329. The van der Waals surface area contributed by atoms with Crippen LogP contribution in [0.25, 0.3) is 0 Å². The topological polar surface area (TPSA) is 29.5 Å². The lowest BCUT2D eigenvalue weighted by Crippen LogP contribution is -2.36. The first-order valence-electron chi connectivity index (χ1n) is 10.5. The van der Waals surface area contributed by atoms with Gasteiger partial charge in [0.2, 0.25) is 0 Å². The monoisotopic (exact) mass is 455 g/mol. The minimum absolute atomic E-state index is 0.169. The van der Waals surface area contributed by atoms with Crippen molar-refractivity contribution in [2.45, 2.75) is 30.6 Å². The Hall–Kier alpha value is -2.49. The van der Waals surface area contributed by atoms with E-state index >= 15 is 0 Å². The number of carbonyl (C=O) groups is 1. The summed E-state index contributed by atoms with van der Waals surface area (Å²) in [5.74, 6) is 0.698. The third kappa shape index (κ3) is 6.75. The van der Waals surface area contributed by atoms with Gasteiger partial charge in [0.15, 0.2) is 4.84 Å². The van der Waals surface area contributed by atoms with Gasteiger partial charge in [-0.1, -0.05) is 96.0 Å². The molecule has 3 nitrogen and oxygen atoms in total. The van der Waals surface area contributed by atoms with E-state index in [1.54, 1.807) is 4.90 Å². The van der Waals surface area contributed by atoms with Crippen molar-refractivity contribution in [3.05, 3.63) is 102 Å². The summed E-state index contributed by atoms with van der Waals surface area (Å²) in [6.07, 6.45) is 0.761. The molecule has 0 saturated heterocycles. The molecule has 0 spiro atoms. The average Bonchev–Trinajstić information content (AvgIpc) is 2.80. The molecule has 0 bridgehead atoms. The lowest BCUT2D eigenvalue weighted by atomic mass is 9.88. The van der Waals surface area contributed by atoms with Gasteiger partial charge in [0, 0.05) is 19.0 Å². The molecule has 1 amide bonds. The van der Waals surface area contributed by atoms with Gasteiger partial charge in [-0.25, -0.2) is 0 Å². The van der Waals surface area contributed by atoms with Gasteiger partial charge < -0.3 is 9.64 Å².